The van der Waals surface area contributed by atoms with Gasteiger partial charge in [-0.3, -0.25) is 14.3 Å². The molecule has 2 aliphatic rings. The lowest BCUT2D eigenvalue weighted by Gasteiger charge is -2.32. The Morgan fingerprint density at radius 3 is 2.84 bits per heavy atom. The van der Waals surface area contributed by atoms with E-state index in [2.05, 4.69) is 15.7 Å². The van der Waals surface area contributed by atoms with Gasteiger partial charge in [-0.1, -0.05) is 11.6 Å². The van der Waals surface area contributed by atoms with Gasteiger partial charge in [0, 0.05) is 48.6 Å². The van der Waals surface area contributed by atoms with E-state index in [-0.39, 0.29) is 11.8 Å². The molecule has 1 fully saturated rings. The Morgan fingerprint density at radius 1 is 1.34 bits per heavy atom. The summed E-state index contributed by atoms with van der Waals surface area (Å²) in [4.78, 5) is 27.9. The number of nitrogens with one attached hydrogen (secondary N) is 2. The summed E-state index contributed by atoms with van der Waals surface area (Å²) in [7, 11) is 1.94. The number of carbonyl (C=O) groups excluding carboxylic acids is 2. The van der Waals surface area contributed by atoms with Crippen molar-refractivity contribution in [3.8, 4) is 5.75 Å². The third-order valence-corrected chi connectivity index (χ3v) is 7.04. The third kappa shape index (κ3) is 4.74. The van der Waals surface area contributed by atoms with Gasteiger partial charge in [0.2, 0.25) is 5.91 Å². The smallest absolute Gasteiger partial charge is 0.267 e. The van der Waals surface area contributed by atoms with E-state index in [0.717, 1.165) is 30.8 Å². The molecule has 3 heterocycles. The maximum Gasteiger partial charge on any atom is 0.267 e. The van der Waals surface area contributed by atoms with Crippen LogP contribution in [0.15, 0.2) is 24.3 Å². The quantitative estimate of drug-likeness (QED) is 0.662. The van der Waals surface area contributed by atoms with Crippen molar-refractivity contribution >= 4 is 35.2 Å². The minimum absolute atomic E-state index is 0.172. The summed E-state index contributed by atoms with van der Waals surface area (Å²) >= 11 is 7.49. The number of fused-ring (bicyclic) bond motifs is 1. The van der Waals surface area contributed by atoms with E-state index < -0.39 is 11.6 Å². The van der Waals surface area contributed by atoms with Crippen molar-refractivity contribution in [1.82, 2.24) is 25.3 Å². The Labute approximate surface area is 197 Å². The highest BCUT2D eigenvalue weighted by Gasteiger charge is 2.42. The molecule has 1 aromatic heterocycles. The number of nitrogens with zero attached hydrogens (tertiary/aromatic N) is 3. The molecular weight excluding hydrogens is 450 g/mol. The molecular formula is C22H28ClN5O3S. The first kappa shape index (κ1) is 22.9. The second-order valence-electron chi connectivity index (χ2n) is 8.50. The van der Waals surface area contributed by atoms with Gasteiger partial charge in [0.15, 0.2) is 5.60 Å². The Bertz CT molecular complexity index is 1010. The van der Waals surface area contributed by atoms with Crippen molar-refractivity contribution in [3.05, 3.63) is 46.2 Å². The molecule has 1 aromatic carbocycles. The summed E-state index contributed by atoms with van der Waals surface area (Å²) in [6, 6.07) is 6.33. The fourth-order valence-electron chi connectivity index (χ4n) is 4.08. The fourth-order valence-corrected chi connectivity index (χ4v) is 5.36. The van der Waals surface area contributed by atoms with Gasteiger partial charge in [-0.25, -0.2) is 0 Å². The average Bonchev–Trinajstić information content (AvgIpc) is 3.38. The van der Waals surface area contributed by atoms with Crippen LogP contribution in [0.4, 0.5) is 0 Å². The Hall–Kier alpha value is -2.23. The standard InChI is InChI=1S/C22H28ClN5O3S/c1-22(2,31-15-6-4-14(23)5-7-15)21(30)28-13-32-12-19(28)20(29)25-11-17-16-10-24-9-8-18(16)27(3)26-17/h4-7,19,24H,8-13H2,1-3H3,(H,25,29)/t19-/m0/s1. The molecule has 32 heavy (non-hydrogen) atoms. The van der Waals surface area contributed by atoms with Crippen molar-refractivity contribution in [2.75, 3.05) is 18.2 Å². The lowest BCUT2D eigenvalue weighted by Crippen LogP contribution is -2.54. The number of halogens is 1. The van der Waals surface area contributed by atoms with E-state index in [1.54, 1.807) is 54.8 Å². The van der Waals surface area contributed by atoms with E-state index >= 15 is 0 Å². The lowest BCUT2D eigenvalue weighted by molar-refractivity contribution is -0.149. The summed E-state index contributed by atoms with van der Waals surface area (Å²) in [5, 5.41) is 11.5. The molecule has 1 atom stereocenters. The molecule has 0 radical (unpaired) electrons. The number of benzene rings is 1. The largest absolute Gasteiger partial charge is 0.478 e. The monoisotopic (exact) mass is 477 g/mol. The van der Waals surface area contributed by atoms with Crippen molar-refractivity contribution in [1.29, 1.82) is 0 Å². The van der Waals surface area contributed by atoms with Crippen LogP contribution >= 0.6 is 23.4 Å². The van der Waals surface area contributed by atoms with E-state index in [9.17, 15) is 9.59 Å². The molecule has 2 N–H and O–H groups in total. The summed E-state index contributed by atoms with van der Waals surface area (Å²) < 4.78 is 7.84. The van der Waals surface area contributed by atoms with E-state index in [1.165, 1.54) is 5.69 Å². The summed E-state index contributed by atoms with van der Waals surface area (Å²) in [6.07, 6.45) is 0.928. The molecule has 0 aliphatic carbocycles. The van der Waals surface area contributed by atoms with Gasteiger partial charge in [0.05, 0.1) is 18.1 Å². The first-order valence-electron chi connectivity index (χ1n) is 10.6. The molecule has 0 bridgehead atoms. The minimum atomic E-state index is -1.12. The van der Waals surface area contributed by atoms with Crippen LogP contribution in [0.2, 0.25) is 5.02 Å². The van der Waals surface area contributed by atoms with Crippen LogP contribution in [0.1, 0.15) is 30.8 Å². The SMILES string of the molecule is Cn1nc(CNC(=O)[C@@H]2CSCN2C(=O)C(C)(C)Oc2ccc(Cl)cc2)c2c1CCNC2. The first-order valence-corrected chi connectivity index (χ1v) is 12.1. The minimum Gasteiger partial charge on any atom is -0.478 e. The van der Waals surface area contributed by atoms with Crippen LogP contribution in [0.3, 0.4) is 0 Å². The predicted octanol–water partition coefficient (Wildman–Crippen LogP) is 2.09. The van der Waals surface area contributed by atoms with Crippen molar-refractivity contribution in [3.63, 3.8) is 0 Å². The van der Waals surface area contributed by atoms with Crippen LogP contribution in [0.5, 0.6) is 5.75 Å². The van der Waals surface area contributed by atoms with Crippen molar-refractivity contribution in [2.45, 2.75) is 45.0 Å². The molecule has 0 unspecified atom stereocenters. The zero-order chi connectivity index (χ0) is 22.9. The Kier molecular flexibility index (Phi) is 6.69. The summed E-state index contributed by atoms with van der Waals surface area (Å²) in [5.41, 5.74) is 2.12. The highest BCUT2D eigenvalue weighted by molar-refractivity contribution is 7.99. The number of aromatic nitrogens is 2. The molecule has 2 aromatic rings. The number of amides is 2. The second-order valence-corrected chi connectivity index (χ2v) is 9.93. The molecule has 172 valence electrons. The van der Waals surface area contributed by atoms with Crippen LogP contribution in [-0.4, -0.2) is 56.3 Å². The molecule has 4 rings (SSSR count). The summed E-state index contributed by atoms with van der Waals surface area (Å²) in [6.45, 7) is 5.47. The average molecular weight is 478 g/mol. The number of ether oxygens (including phenoxy) is 1. The highest BCUT2D eigenvalue weighted by atomic mass is 35.5. The van der Waals surface area contributed by atoms with Gasteiger partial charge in [0.1, 0.15) is 11.8 Å². The summed E-state index contributed by atoms with van der Waals surface area (Å²) in [5.74, 6) is 1.16. The Balaban J connectivity index is 1.40. The zero-order valence-electron chi connectivity index (χ0n) is 18.5. The fraction of sp³-hybridized carbons (Fsp3) is 0.500. The van der Waals surface area contributed by atoms with Gasteiger partial charge in [0.25, 0.3) is 5.91 Å². The molecule has 0 spiro atoms. The molecule has 8 nitrogen and oxygen atoms in total. The van der Waals surface area contributed by atoms with Crippen LogP contribution in [-0.2, 0) is 36.1 Å². The van der Waals surface area contributed by atoms with E-state index in [0.29, 0.717) is 28.9 Å². The number of carbonyl (C=O) groups is 2. The lowest BCUT2D eigenvalue weighted by atomic mass is 10.1. The molecule has 1 saturated heterocycles. The number of rotatable bonds is 6. The van der Waals surface area contributed by atoms with Crippen molar-refractivity contribution in [2.24, 2.45) is 7.05 Å². The molecule has 10 heteroatoms. The number of aryl methyl sites for hydroxylation is 1. The molecule has 2 aliphatic heterocycles. The van der Waals surface area contributed by atoms with Gasteiger partial charge in [-0.15, -0.1) is 11.8 Å². The second kappa shape index (κ2) is 9.33. The highest BCUT2D eigenvalue weighted by Crippen LogP contribution is 2.28. The first-order chi connectivity index (χ1) is 15.3. The van der Waals surface area contributed by atoms with Gasteiger partial charge < -0.3 is 20.3 Å². The van der Waals surface area contributed by atoms with Gasteiger partial charge in [-0.2, -0.15) is 5.10 Å². The van der Waals surface area contributed by atoms with Crippen LogP contribution in [0.25, 0.3) is 0 Å². The number of hydrogen-bond acceptors (Lipinski definition) is 6. The topological polar surface area (TPSA) is 88.5 Å². The Morgan fingerprint density at radius 2 is 2.09 bits per heavy atom. The van der Waals surface area contributed by atoms with Gasteiger partial charge in [-0.05, 0) is 38.1 Å². The molecule has 0 saturated carbocycles. The maximum absolute atomic E-state index is 13.3. The van der Waals surface area contributed by atoms with E-state index in [1.807, 2.05) is 11.7 Å². The number of thioether (sulfide) groups is 1. The predicted molar refractivity (Wildman–Crippen MR) is 125 cm³/mol. The van der Waals surface area contributed by atoms with Crippen molar-refractivity contribution < 1.29 is 14.3 Å². The maximum atomic E-state index is 13.3. The van der Waals surface area contributed by atoms with Crippen LogP contribution in [0, 0.1) is 0 Å². The van der Waals surface area contributed by atoms with Gasteiger partial charge >= 0.3 is 0 Å². The molecule has 2 amide bonds. The normalized spacial score (nSPS) is 18.4. The number of hydrogen-bond donors (Lipinski definition) is 2. The third-order valence-electron chi connectivity index (χ3n) is 5.78. The van der Waals surface area contributed by atoms with Crippen LogP contribution < -0.4 is 15.4 Å². The zero-order valence-corrected chi connectivity index (χ0v) is 20.1. The van der Waals surface area contributed by atoms with E-state index in [4.69, 9.17) is 16.3 Å².